The second-order valence-electron chi connectivity index (χ2n) is 6.16. The first kappa shape index (κ1) is 18.2. The van der Waals surface area contributed by atoms with Gasteiger partial charge in [0.05, 0.1) is 30.1 Å². The summed E-state index contributed by atoms with van der Waals surface area (Å²) in [5.41, 5.74) is 3.80. The predicted molar refractivity (Wildman–Crippen MR) is 101 cm³/mol. The molecular weight excluding hydrogens is 342 g/mol. The first-order chi connectivity index (χ1) is 13.0. The number of esters is 1. The number of aryl methyl sites for hydroxylation is 1. The Morgan fingerprint density at radius 3 is 2.37 bits per heavy atom. The molecule has 0 aliphatic heterocycles. The van der Waals surface area contributed by atoms with Crippen molar-refractivity contribution in [3.05, 3.63) is 76.3 Å². The minimum atomic E-state index is -0.235. The molecule has 3 rings (SSSR count). The molecule has 136 valence electrons. The average Bonchev–Trinajstić information content (AvgIpc) is 3.01. The van der Waals surface area contributed by atoms with Gasteiger partial charge >= 0.3 is 11.7 Å². The topological polar surface area (TPSA) is 77.0 Å². The summed E-state index contributed by atoms with van der Waals surface area (Å²) in [6, 6.07) is 16.7. The van der Waals surface area contributed by atoms with Crippen molar-refractivity contribution in [2.75, 3.05) is 7.11 Å². The van der Waals surface area contributed by atoms with Crippen LogP contribution in [0.15, 0.2) is 59.5 Å². The maximum absolute atomic E-state index is 12.6. The molecule has 0 N–H and O–H groups in total. The number of ether oxygens (including phenoxy) is 1. The van der Waals surface area contributed by atoms with Crippen LogP contribution in [0.2, 0.25) is 0 Å². The fraction of sp³-hybridized carbons (Fsp3) is 0.190. The Kier molecular flexibility index (Phi) is 5.23. The van der Waals surface area contributed by atoms with Crippen LogP contribution in [0, 0.1) is 11.3 Å². The standard InChI is InChI=1S/C21H19N3O3/c1-23-19(17-8-3-15(4-9-17)7-12-20(25)27-2)14-24(21(23)26)18-10-5-16(13-22)6-11-18/h3-6,8-11,14H,7,12H2,1-2H3. The molecule has 6 nitrogen and oxygen atoms in total. The Labute approximate surface area is 156 Å². The van der Waals surface area contributed by atoms with Crippen LogP contribution in [0.5, 0.6) is 0 Å². The zero-order chi connectivity index (χ0) is 19.4. The Morgan fingerprint density at radius 2 is 1.78 bits per heavy atom. The van der Waals surface area contributed by atoms with E-state index in [1.165, 1.54) is 7.11 Å². The van der Waals surface area contributed by atoms with Crippen LogP contribution in [-0.2, 0) is 23.0 Å². The summed E-state index contributed by atoms with van der Waals surface area (Å²) in [4.78, 5) is 23.9. The van der Waals surface area contributed by atoms with E-state index < -0.39 is 0 Å². The molecular formula is C21H19N3O3. The highest BCUT2D eigenvalue weighted by Gasteiger charge is 2.12. The molecule has 0 bridgehead atoms. The van der Waals surface area contributed by atoms with E-state index >= 15 is 0 Å². The van der Waals surface area contributed by atoms with Gasteiger partial charge in [0.1, 0.15) is 0 Å². The molecule has 0 aliphatic carbocycles. The fourth-order valence-electron chi connectivity index (χ4n) is 2.87. The van der Waals surface area contributed by atoms with Gasteiger partial charge in [0, 0.05) is 19.7 Å². The SMILES string of the molecule is COC(=O)CCc1ccc(-c2cn(-c3ccc(C#N)cc3)c(=O)n2C)cc1. The number of imidazole rings is 1. The van der Waals surface area contributed by atoms with Crippen molar-refractivity contribution < 1.29 is 9.53 Å². The van der Waals surface area contributed by atoms with Gasteiger partial charge in [-0.3, -0.25) is 13.9 Å². The van der Waals surface area contributed by atoms with Crippen molar-refractivity contribution >= 4 is 5.97 Å². The van der Waals surface area contributed by atoms with Crippen LogP contribution in [0.25, 0.3) is 16.9 Å². The summed E-state index contributed by atoms with van der Waals surface area (Å²) in [5, 5.41) is 8.91. The smallest absolute Gasteiger partial charge is 0.332 e. The Morgan fingerprint density at radius 1 is 1.11 bits per heavy atom. The fourth-order valence-corrected chi connectivity index (χ4v) is 2.87. The van der Waals surface area contributed by atoms with E-state index in [0.29, 0.717) is 24.1 Å². The van der Waals surface area contributed by atoms with E-state index in [-0.39, 0.29) is 11.7 Å². The lowest BCUT2D eigenvalue weighted by Crippen LogP contribution is -2.20. The van der Waals surface area contributed by atoms with Gasteiger partial charge < -0.3 is 4.74 Å². The summed E-state index contributed by atoms with van der Waals surface area (Å²) < 4.78 is 7.80. The van der Waals surface area contributed by atoms with Gasteiger partial charge in [0.25, 0.3) is 0 Å². The van der Waals surface area contributed by atoms with Gasteiger partial charge in [-0.05, 0) is 41.8 Å². The molecule has 0 saturated heterocycles. The summed E-state index contributed by atoms with van der Waals surface area (Å²) in [6.07, 6.45) is 2.73. The van der Waals surface area contributed by atoms with Crippen LogP contribution in [-0.4, -0.2) is 22.2 Å². The molecule has 0 radical (unpaired) electrons. The van der Waals surface area contributed by atoms with Gasteiger partial charge in [-0.1, -0.05) is 24.3 Å². The number of carbonyl (C=O) groups excluding carboxylic acids is 1. The second-order valence-corrected chi connectivity index (χ2v) is 6.16. The lowest BCUT2D eigenvalue weighted by Gasteiger charge is -2.04. The molecule has 0 saturated carbocycles. The number of nitrogens with zero attached hydrogens (tertiary/aromatic N) is 3. The Balaban J connectivity index is 1.88. The molecule has 2 aromatic carbocycles. The van der Waals surface area contributed by atoms with Crippen molar-refractivity contribution in [3.63, 3.8) is 0 Å². The highest BCUT2D eigenvalue weighted by atomic mass is 16.5. The number of methoxy groups -OCH3 is 1. The van der Waals surface area contributed by atoms with Gasteiger partial charge in [-0.25, -0.2) is 4.79 Å². The molecule has 1 heterocycles. The summed E-state index contributed by atoms with van der Waals surface area (Å²) in [5.74, 6) is -0.235. The zero-order valence-corrected chi connectivity index (χ0v) is 15.2. The average molecular weight is 361 g/mol. The first-order valence-electron chi connectivity index (χ1n) is 8.48. The number of hydrogen-bond acceptors (Lipinski definition) is 4. The third-order valence-corrected chi connectivity index (χ3v) is 4.48. The minimum Gasteiger partial charge on any atom is -0.469 e. The van der Waals surface area contributed by atoms with E-state index in [0.717, 1.165) is 16.8 Å². The maximum Gasteiger partial charge on any atom is 0.332 e. The lowest BCUT2D eigenvalue weighted by molar-refractivity contribution is -0.140. The second kappa shape index (κ2) is 7.75. The van der Waals surface area contributed by atoms with Gasteiger partial charge in [0.2, 0.25) is 0 Å². The minimum absolute atomic E-state index is 0.163. The number of rotatable bonds is 5. The normalized spacial score (nSPS) is 10.4. The quantitative estimate of drug-likeness (QED) is 0.655. The molecule has 0 amide bonds. The molecule has 0 unspecified atom stereocenters. The molecule has 27 heavy (non-hydrogen) atoms. The highest BCUT2D eigenvalue weighted by Crippen LogP contribution is 2.20. The largest absolute Gasteiger partial charge is 0.469 e. The summed E-state index contributed by atoms with van der Waals surface area (Å²) in [7, 11) is 3.10. The van der Waals surface area contributed by atoms with Gasteiger partial charge in [0.15, 0.2) is 0 Å². The highest BCUT2D eigenvalue weighted by molar-refractivity contribution is 5.69. The predicted octanol–water partition coefficient (Wildman–Crippen LogP) is 2.82. The number of hydrogen-bond donors (Lipinski definition) is 0. The monoisotopic (exact) mass is 361 g/mol. The number of aromatic nitrogens is 2. The van der Waals surface area contributed by atoms with Gasteiger partial charge in [-0.15, -0.1) is 0 Å². The van der Waals surface area contributed by atoms with E-state index in [9.17, 15) is 9.59 Å². The Bertz CT molecular complexity index is 1050. The van der Waals surface area contributed by atoms with Crippen molar-refractivity contribution in [3.8, 4) is 23.0 Å². The zero-order valence-electron chi connectivity index (χ0n) is 15.2. The molecule has 0 aliphatic rings. The molecule has 0 fully saturated rings. The van der Waals surface area contributed by atoms with Crippen molar-refractivity contribution in [2.24, 2.45) is 7.05 Å². The van der Waals surface area contributed by atoms with E-state index in [4.69, 9.17) is 5.26 Å². The van der Waals surface area contributed by atoms with E-state index in [1.807, 2.05) is 24.3 Å². The van der Waals surface area contributed by atoms with E-state index in [1.54, 1.807) is 46.6 Å². The Hall–Kier alpha value is -3.59. The van der Waals surface area contributed by atoms with E-state index in [2.05, 4.69) is 10.8 Å². The van der Waals surface area contributed by atoms with Crippen LogP contribution >= 0.6 is 0 Å². The van der Waals surface area contributed by atoms with Crippen LogP contribution in [0.4, 0.5) is 0 Å². The molecule has 0 atom stereocenters. The van der Waals surface area contributed by atoms with Gasteiger partial charge in [-0.2, -0.15) is 5.26 Å². The first-order valence-corrected chi connectivity index (χ1v) is 8.48. The molecule has 6 heteroatoms. The van der Waals surface area contributed by atoms with Crippen molar-refractivity contribution in [1.29, 1.82) is 5.26 Å². The molecule has 0 spiro atoms. The van der Waals surface area contributed by atoms with Crippen molar-refractivity contribution in [2.45, 2.75) is 12.8 Å². The lowest BCUT2D eigenvalue weighted by atomic mass is 10.1. The summed E-state index contributed by atoms with van der Waals surface area (Å²) in [6.45, 7) is 0. The van der Waals surface area contributed by atoms with Crippen LogP contribution < -0.4 is 5.69 Å². The summed E-state index contributed by atoms with van der Waals surface area (Å²) >= 11 is 0. The van der Waals surface area contributed by atoms with Crippen molar-refractivity contribution in [1.82, 2.24) is 9.13 Å². The number of carbonyl (C=O) groups is 1. The third-order valence-electron chi connectivity index (χ3n) is 4.48. The molecule has 3 aromatic rings. The van der Waals surface area contributed by atoms with Crippen LogP contribution in [0.3, 0.4) is 0 Å². The molecule has 1 aromatic heterocycles. The van der Waals surface area contributed by atoms with Crippen LogP contribution in [0.1, 0.15) is 17.5 Å². The number of benzene rings is 2. The maximum atomic E-state index is 12.6. The third kappa shape index (κ3) is 3.82. The number of nitriles is 1.